The molecule has 0 rings (SSSR count). The van der Waals surface area contributed by atoms with Crippen LogP contribution >= 0.6 is 0 Å². The van der Waals surface area contributed by atoms with E-state index < -0.39 is 47.5 Å². The van der Waals surface area contributed by atoms with Gasteiger partial charge in [0.05, 0.1) is 0 Å². The Morgan fingerprint density at radius 1 is 0.900 bits per heavy atom. The predicted molar refractivity (Wildman–Crippen MR) is 57.0 cm³/mol. The van der Waals surface area contributed by atoms with E-state index in [1.807, 2.05) is 0 Å². The second-order valence-electron chi connectivity index (χ2n) is 3.33. The van der Waals surface area contributed by atoms with Crippen LogP contribution in [0.25, 0.3) is 0 Å². The summed E-state index contributed by atoms with van der Waals surface area (Å²) in [6, 6.07) is 0. The molecule has 0 amide bonds. The SMILES string of the molecule is CC(=O)O[C@@H](CO[N+](=O)[O-])[C@@H](CO[N+](=O)[O-])OC(C)=O. The van der Waals surface area contributed by atoms with Gasteiger partial charge < -0.3 is 19.1 Å². The average Bonchev–Trinajstić information content (AvgIpc) is 2.28. The molecule has 0 bridgehead atoms. The third kappa shape index (κ3) is 8.43. The summed E-state index contributed by atoms with van der Waals surface area (Å²) in [5.41, 5.74) is 0. The van der Waals surface area contributed by atoms with Crippen molar-refractivity contribution in [2.45, 2.75) is 26.1 Å². The molecule has 12 nitrogen and oxygen atoms in total. The summed E-state index contributed by atoms with van der Waals surface area (Å²) in [6.45, 7) is 0.452. The van der Waals surface area contributed by atoms with Crippen molar-refractivity contribution in [3.63, 3.8) is 0 Å². The highest BCUT2D eigenvalue weighted by atomic mass is 17.0. The monoisotopic (exact) mass is 296 g/mol. The van der Waals surface area contributed by atoms with Crippen LogP contribution in [0.1, 0.15) is 13.8 Å². The summed E-state index contributed by atoms with van der Waals surface area (Å²) in [7, 11) is 0. The minimum atomic E-state index is -1.43. The molecule has 0 heterocycles. The van der Waals surface area contributed by atoms with Crippen molar-refractivity contribution in [3.05, 3.63) is 20.2 Å². The Labute approximate surface area is 111 Å². The minimum Gasteiger partial charge on any atom is -0.456 e. The first-order valence-corrected chi connectivity index (χ1v) is 5.11. The molecule has 0 radical (unpaired) electrons. The number of hydrogen-bond acceptors (Lipinski definition) is 10. The minimum absolute atomic E-state index is 0.772. The maximum atomic E-state index is 10.9. The highest BCUT2D eigenvalue weighted by Gasteiger charge is 2.29. The number of hydrogen-bond donors (Lipinski definition) is 0. The largest absolute Gasteiger partial charge is 0.456 e. The van der Waals surface area contributed by atoms with E-state index in [0.29, 0.717) is 0 Å². The molecule has 114 valence electrons. The molecule has 0 aliphatic heterocycles. The van der Waals surface area contributed by atoms with Gasteiger partial charge in [0, 0.05) is 13.8 Å². The number of carbonyl (C=O) groups is 2. The van der Waals surface area contributed by atoms with Crippen LogP contribution in [0.2, 0.25) is 0 Å². The topological polar surface area (TPSA) is 157 Å². The van der Waals surface area contributed by atoms with E-state index in [0.717, 1.165) is 13.8 Å². The molecule has 12 heteroatoms. The first-order chi connectivity index (χ1) is 9.22. The van der Waals surface area contributed by atoms with Crippen LogP contribution in [0.5, 0.6) is 0 Å². The Bertz CT molecular complexity index is 347. The quantitative estimate of drug-likeness (QED) is 0.301. The lowest BCUT2D eigenvalue weighted by Crippen LogP contribution is -2.41. The fourth-order valence-corrected chi connectivity index (χ4v) is 1.13. The van der Waals surface area contributed by atoms with Gasteiger partial charge in [0.2, 0.25) is 0 Å². The van der Waals surface area contributed by atoms with Crippen LogP contribution in [-0.4, -0.2) is 47.5 Å². The van der Waals surface area contributed by atoms with Gasteiger partial charge in [-0.25, -0.2) is 0 Å². The molecule has 0 fully saturated rings. The van der Waals surface area contributed by atoms with Gasteiger partial charge in [-0.1, -0.05) is 0 Å². The molecule has 0 N–H and O–H groups in total. The third-order valence-corrected chi connectivity index (χ3v) is 1.74. The lowest BCUT2D eigenvalue weighted by Gasteiger charge is -2.24. The summed E-state index contributed by atoms with van der Waals surface area (Å²) in [5.74, 6) is -1.69. The van der Waals surface area contributed by atoms with Gasteiger partial charge in [0.25, 0.3) is 10.2 Å². The van der Waals surface area contributed by atoms with Crippen LogP contribution in [-0.2, 0) is 28.7 Å². The normalized spacial score (nSPS) is 12.7. The molecule has 0 saturated carbocycles. The fourth-order valence-electron chi connectivity index (χ4n) is 1.13. The van der Waals surface area contributed by atoms with Crippen molar-refractivity contribution in [2.24, 2.45) is 0 Å². The number of esters is 2. The highest BCUT2D eigenvalue weighted by Crippen LogP contribution is 2.08. The maximum Gasteiger partial charge on any atom is 0.303 e. The van der Waals surface area contributed by atoms with Gasteiger partial charge in [-0.2, -0.15) is 0 Å². The van der Waals surface area contributed by atoms with Gasteiger partial charge in [0.15, 0.2) is 12.2 Å². The number of carbonyl (C=O) groups excluding carboxylic acids is 2. The molecular weight excluding hydrogens is 284 g/mol. The van der Waals surface area contributed by atoms with Crippen LogP contribution in [0.15, 0.2) is 0 Å². The Hall–Kier alpha value is -2.66. The molecule has 2 atom stereocenters. The molecule has 0 aromatic rings. The first kappa shape index (κ1) is 17.3. The number of nitrogens with zero attached hydrogens (tertiary/aromatic N) is 2. The van der Waals surface area contributed by atoms with Crippen LogP contribution in [0, 0.1) is 20.2 Å². The molecule has 0 spiro atoms. The van der Waals surface area contributed by atoms with E-state index in [4.69, 9.17) is 0 Å². The smallest absolute Gasteiger partial charge is 0.303 e. The lowest BCUT2D eigenvalue weighted by atomic mass is 10.2. The van der Waals surface area contributed by atoms with Crippen molar-refractivity contribution < 1.29 is 38.9 Å². The van der Waals surface area contributed by atoms with Crippen molar-refractivity contribution >= 4 is 11.9 Å². The third-order valence-electron chi connectivity index (χ3n) is 1.74. The fraction of sp³-hybridized carbons (Fsp3) is 0.750. The maximum absolute atomic E-state index is 10.9. The van der Waals surface area contributed by atoms with Crippen molar-refractivity contribution in [2.75, 3.05) is 13.2 Å². The molecule has 0 aliphatic carbocycles. The first-order valence-electron chi connectivity index (χ1n) is 5.11. The molecule has 0 aliphatic rings. The summed E-state index contributed by atoms with van der Waals surface area (Å²) in [6.07, 6.45) is -2.86. The summed E-state index contributed by atoms with van der Waals surface area (Å²) in [4.78, 5) is 49.9. The van der Waals surface area contributed by atoms with Gasteiger partial charge in [-0.05, 0) is 0 Å². The van der Waals surface area contributed by atoms with Crippen molar-refractivity contribution in [1.29, 1.82) is 0 Å². The summed E-state index contributed by atoms with van der Waals surface area (Å²) in [5, 5.41) is 17.9. The highest BCUT2D eigenvalue weighted by molar-refractivity contribution is 5.67. The van der Waals surface area contributed by atoms with Crippen molar-refractivity contribution in [1.82, 2.24) is 0 Å². The van der Waals surface area contributed by atoms with E-state index in [2.05, 4.69) is 19.1 Å². The van der Waals surface area contributed by atoms with Gasteiger partial charge in [-0.15, -0.1) is 20.2 Å². The Kier molecular flexibility index (Phi) is 7.32. The van der Waals surface area contributed by atoms with Crippen molar-refractivity contribution in [3.8, 4) is 0 Å². The van der Waals surface area contributed by atoms with E-state index in [1.165, 1.54) is 0 Å². The number of ether oxygens (including phenoxy) is 2. The Balaban J connectivity index is 4.83. The zero-order chi connectivity index (χ0) is 15.7. The second-order valence-corrected chi connectivity index (χ2v) is 3.33. The van der Waals surface area contributed by atoms with E-state index in [1.54, 1.807) is 0 Å². The molecule has 0 aromatic heterocycles. The molecule has 20 heavy (non-hydrogen) atoms. The predicted octanol–water partition coefficient (Wildman–Crippen LogP) is -0.734. The van der Waals surface area contributed by atoms with Crippen LogP contribution in [0.3, 0.4) is 0 Å². The summed E-state index contributed by atoms with van der Waals surface area (Å²) >= 11 is 0. The van der Waals surface area contributed by atoms with Crippen LogP contribution in [0.4, 0.5) is 0 Å². The summed E-state index contributed by atoms with van der Waals surface area (Å²) < 4.78 is 9.30. The zero-order valence-corrected chi connectivity index (χ0v) is 10.5. The average molecular weight is 296 g/mol. The van der Waals surface area contributed by atoms with E-state index in [9.17, 15) is 29.8 Å². The molecular formula is C8H12N2O10. The Morgan fingerprint density at radius 3 is 1.40 bits per heavy atom. The van der Waals surface area contributed by atoms with E-state index in [-0.39, 0.29) is 0 Å². The van der Waals surface area contributed by atoms with Gasteiger partial charge in [-0.3, -0.25) is 9.59 Å². The molecule has 0 unspecified atom stereocenters. The second kappa shape index (κ2) is 8.44. The standard InChI is InChI=1S/C8H12N2O10/c1-5(11)19-7(3-17-9(13)14)8(20-6(2)12)4-18-10(15)16/h7-8H,3-4H2,1-2H3/t7-,8+. The Morgan fingerprint density at radius 2 is 1.20 bits per heavy atom. The zero-order valence-electron chi connectivity index (χ0n) is 10.5. The van der Waals surface area contributed by atoms with Crippen LogP contribution < -0.4 is 0 Å². The van der Waals surface area contributed by atoms with Gasteiger partial charge >= 0.3 is 11.9 Å². The molecule has 0 aromatic carbocycles. The molecule has 0 saturated heterocycles. The number of rotatable bonds is 9. The lowest BCUT2D eigenvalue weighted by molar-refractivity contribution is -0.763. The van der Waals surface area contributed by atoms with E-state index >= 15 is 0 Å². The van der Waals surface area contributed by atoms with Gasteiger partial charge in [0.1, 0.15) is 13.2 Å².